The van der Waals surface area contributed by atoms with Crippen molar-refractivity contribution in [3.63, 3.8) is 0 Å². The molecule has 7 heteroatoms. The molecule has 1 heterocycles. The van der Waals surface area contributed by atoms with E-state index in [1.54, 1.807) is 26.4 Å². The molecule has 2 aromatic rings. The van der Waals surface area contributed by atoms with Crippen LogP contribution in [0.5, 0.6) is 17.2 Å². The minimum Gasteiger partial charge on any atom is -0.497 e. The summed E-state index contributed by atoms with van der Waals surface area (Å²) in [6, 6.07) is 11.2. The third-order valence-electron chi connectivity index (χ3n) is 5.04. The molecule has 7 nitrogen and oxygen atoms in total. The first-order valence-corrected chi connectivity index (χ1v) is 9.78. The molecule has 30 heavy (non-hydrogen) atoms. The van der Waals surface area contributed by atoms with E-state index in [9.17, 15) is 9.59 Å². The summed E-state index contributed by atoms with van der Waals surface area (Å²) in [7, 11) is 3.15. The van der Waals surface area contributed by atoms with Crippen molar-refractivity contribution in [1.82, 2.24) is 5.32 Å². The molecule has 1 aliphatic heterocycles. The monoisotopic (exact) mass is 412 g/mol. The largest absolute Gasteiger partial charge is 0.497 e. The Bertz CT molecular complexity index is 949. The van der Waals surface area contributed by atoms with Crippen molar-refractivity contribution in [2.24, 2.45) is 0 Å². The average molecular weight is 412 g/mol. The van der Waals surface area contributed by atoms with Gasteiger partial charge in [0.2, 0.25) is 5.91 Å². The van der Waals surface area contributed by atoms with Crippen LogP contribution in [0, 0.1) is 0 Å². The molecule has 0 radical (unpaired) electrons. The van der Waals surface area contributed by atoms with E-state index in [2.05, 4.69) is 26.1 Å². The van der Waals surface area contributed by atoms with Gasteiger partial charge in [-0.3, -0.25) is 14.5 Å². The second kappa shape index (κ2) is 8.65. The van der Waals surface area contributed by atoms with E-state index in [-0.39, 0.29) is 36.9 Å². The molecule has 0 aromatic heterocycles. The minimum absolute atomic E-state index is 0.0819. The van der Waals surface area contributed by atoms with Crippen molar-refractivity contribution in [2.75, 3.05) is 32.3 Å². The normalized spacial score (nSPS) is 13.4. The fourth-order valence-electron chi connectivity index (χ4n) is 3.23. The van der Waals surface area contributed by atoms with Crippen molar-refractivity contribution in [3.8, 4) is 17.2 Å². The predicted octanol–water partition coefficient (Wildman–Crippen LogP) is 3.04. The summed E-state index contributed by atoms with van der Waals surface area (Å²) in [5.74, 6) is 1.39. The van der Waals surface area contributed by atoms with E-state index < -0.39 is 0 Å². The van der Waals surface area contributed by atoms with Crippen LogP contribution in [0.2, 0.25) is 0 Å². The molecule has 160 valence electrons. The number of nitrogens with one attached hydrogen (secondary N) is 1. The van der Waals surface area contributed by atoms with E-state index in [4.69, 9.17) is 14.2 Å². The first-order valence-electron chi connectivity index (χ1n) is 9.78. The number of benzene rings is 2. The Morgan fingerprint density at radius 2 is 1.90 bits per heavy atom. The molecule has 0 atom stereocenters. The van der Waals surface area contributed by atoms with Crippen LogP contribution in [-0.2, 0) is 21.5 Å². The van der Waals surface area contributed by atoms with Crippen LogP contribution in [0.1, 0.15) is 31.9 Å². The second-order valence-corrected chi connectivity index (χ2v) is 8.16. The molecule has 0 fully saturated rings. The molecule has 1 aliphatic rings. The molecule has 2 amide bonds. The van der Waals surface area contributed by atoms with Gasteiger partial charge in [-0.05, 0) is 35.2 Å². The van der Waals surface area contributed by atoms with Crippen LogP contribution >= 0.6 is 0 Å². The van der Waals surface area contributed by atoms with Gasteiger partial charge in [-0.2, -0.15) is 0 Å². The Morgan fingerprint density at radius 3 is 2.57 bits per heavy atom. The molecular weight excluding hydrogens is 384 g/mol. The molecule has 0 unspecified atom stereocenters. The summed E-state index contributed by atoms with van der Waals surface area (Å²) in [6.45, 7) is 6.40. The number of methoxy groups -OCH3 is 2. The first-order chi connectivity index (χ1) is 14.2. The summed E-state index contributed by atoms with van der Waals surface area (Å²) < 4.78 is 16.1. The highest BCUT2D eigenvalue weighted by atomic mass is 16.5. The van der Waals surface area contributed by atoms with Crippen LogP contribution in [0.4, 0.5) is 5.69 Å². The minimum atomic E-state index is -0.268. The van der Waals surface area contributed by atoms with Gasteiger partial charge < -0.3 is 19.5 Å². The summed E-state index contributed by atoms with van der Waals surface area (Å²) in [6.07, 6.45) is 0. The number of carbonyl (C=O) groups excluding carboxylic acids is 2. The Balaban J connectivity index is 1.74. The molecule has 0 aliphatic carbocycles. The smallest absolute Gasteiger partial charge is 0.265 e. The third-order valence-corrected chi connectivity index (χ3v) is 5.04. The van der Waals surface area contributed by atoms with Gasteiger partial charge in [0.1, 0.15) is 23.8 Å². The zero-order chi connectivity index (χ0) is 21.9. The van der Waals surface area contributed by atoms with Gasteiger partial charge >= 0.3 is 0 Å². The van der Waals surface area contributed by atoms with Gasteiger partial charge in [0, 0.05) is 18.2 Å². The molecule has 0 spiro atoms. The topological polar surface area (TPSA) is 77.1 Å². The molecule has 0 saturated carbocycles. The summed E-state index contributed by atoms with van der Waals surface area (Å²) >= 11 is 0. The van der Waals surface area contributed by atoms with Crippen LogP contribution in [0.25, 0.3) is 0 Å². The van der Waals surface area contributed by atoms with Crippen molar-refractivity contribution in [2.45, 2.75) is 32.7 Å². The predicted molar refractivity (Wildman–Crippen MR) is 114 cm³/mol. The summed E-state index contributed by atoms with van der Waals surface area (Å²) in [5, 5.41) is 2.86. The Morgan fingerprint density at radius 1 is 1.13 bits per heavy atom. The van der Waals surface area contributed by atoms with Gasteiger partial charge in [0.25, 0.3) is 5.91 Å². The number of anilines is 1. The Kier molecular flexibility index (Phi) is 6.20. The van der Waals surface area contributed by atoms with E-state index >= 15 is 0 Å². The number of carbonyl (C=O) groups is 2. The maximum absolute atomic E-state index is 12.6. The summed E-state index contributed by atoms with van der Waals surface area (Å²) in [4.78, 5) is 26.6. The fraction of sp³-hybridized carbons (Fsp3) is 0.391. The highest BCUT2D eigenvalue weighted by Gasteiger charge is 2.29. The highest BCUT2D eigenvalue weighted by Crippen LogP contribution is 2.36. The third kappa shape index (κ3) is 4.67. The maximum Gasteiger partial charge on any atom is 0.265 e. The van der Waals surface area contributed by atoms with E-state index in [0.717, 1.165) is 11.1 Å². The molecular formula is C23H28N2O5. The van der Waals surface area contributed by atoms with Crippen LogP contribution in [0.15, 0.2) is 36.4 Å². The van der Waals surface area contributed by atoms with Crippen molar-refractivity contribution < 1.29 is 23.8 Å². The number of nitrogens with zero attached hydrogens (tertiary/aromatic N) is 1. The molecule has 3 rings (SSSR count). The number of amides is 2. The first kappa shape index (κ1) is 21.5. The van der Waals surface area contributed by atoms with E-state index in [1.165, 1.54) is 4.90 Å². The molecule has 1 N–H and O–H groups in total. The van der Waals surface area contributed by atoms with Crippen LogP contribution in [0.3, 0.4) is 0 Å². The SMILES string of the molecule is COc1ccc(CNC(=O)CN2C(=O)COc3ccc(C(C)(C)C)cc32)c(OC)c1. The van der Waals surface area contributed by atoms with Crippen molar-refractivity contribution >= 4 is 17.5 Å². The number of ether oxygens (including phenoxy) is 3. The van der Waals surface area contributed by atoms with E-state index in [0.29, 0.717) is 22.9 Å². The van der Waals surface area contributed by atoms with Crippen molar-refractivity contribution in [3.05, 3.63) is 47.5 Å². The lowest BCUT2D eigenvalue weighted by Gasteiger charge is -2.31. The highest BCUT2D eigenvalue weighted by molar-refractivity contribution is 6.02. The van der Waals surface area contributed by atoms with Gasteiger partial charge in [-0.25, -0.2) is 0 Å². The Hall–Kier alpha value is -3.22. The fourth-order valence-corrected chi connectivity index (χ4v) is 3.23. The zero-order valence-corrected chi connectivity index (χ0v) is 18.1. The number of hydrogen-bond acceptors (Lipinski definition) is 5. The van der Waals surface area contributed by atoms with Crippen LogP contribution < -0.4 is 24.4 Å². The second-order valence-electron chi connectivity index (χ2n) is 8.16. The lowest BCUT2D eigenvalue weighted by atomic mass is 9.86. The van der Waals surface area contributed by atoms with Gasteiger partial charge in [0.15, 0.2) is 6.61 Å². The standard InChI is InChI=1S/C23H28N2O5/c1-23(2,3)16-7-9-19-18(10-16)25(22(27)14-30-19)13-21(26)24-12-15-6-8-17(28-4)11-20(15)29-5/h6-11H,12-14H2,1-5H3,(H,24,26). The average Bonchev–Trinajstić information content (AvgIpc) is 2.73. The quantitative estimate of drug-likeness (QED) is 0.789. The number of rotatable bonds is 6. The lowest BCUT2D eigenvalue weighted by Crippen LogP contribution is -2.45. The van der Waals surface area contributed by atoms with E-state index in [1.807, 2.05) is 24.3 Å². The Labute approximate surface area is 176 Å². The maximum atomic E-state index is 12.6. The van der Waals surface area contributed by atoms with Crippen LogP contribution in [-0.4, -0.2) is 39.2 Å². The number of fused-ring (bicyclic) bond motifs is 1. The molecule has 0 saturated heterocycles. The molecule has 0 bridgehead atoms. The summed E-state index contributed by atoms with van der Waals surface area (Å²) in [5.41, 5.74) is 2.41. The molecule has 2 aromatic carbocycles. The van der Waals surface area contributed by atoms with Gasteiger partial charge in [-0.15, -0.1) is 0 Å². The van der Waals surface area contributed by atoms with Crippen molar-refractivity contribution in [1.29, 1.82) is 0 Å². The van der Waals surface area contributed by atoms with Gasteiger partial charge in [-0.1, -0.05) is 26.8 Å². The zero-order valence-electron chi connectivity index (χ0n) is 18.1. The lowest BCUT2D eigenvalue weighted by molar-refractivity contribution is -0.125. The van der Waals surface area contributed by atoms with Gasteiger partial charge in [0.05, 0.1) is 19.9 Å². The number of hydrogen-bond donors (Lipinski definition) is 1.